The van der Waals surface area contributed by atoms with Gasteiger partial charge in [-0.15, -0.1) is 0 Å². The third kappa shape index (κ3) is 4.70. The van der Waals surface area contributed by atoms with Gasteiger partial charge in [-0.1, -0.05) is 41.9 Å². The van der Waals surface area contributed by atoms with Gasteiger partial charge in [0.25, 0.3) is 0 Å². The van der Waals surface area contributed by atoms with Gasteiger partial charge in [-0.3, -0.25) is 0 Å². The minimum Gasteiger partial charge on any atom is -0.497 e. The van der Waals surface area contributed by atoms with Gasteiger partial charge in [-0.25, -0.2) is 12.7 Å². The number of sulfonamides is 1. The standard InChI is InChI=1S/C17H20ClNO4S/c1-19(11-17(20)13-7-5-8-15(10-13)23-2)24(21,22)12-14-6-3-4-9-16(14)18/h3-10,17,20H,11-12H2,1-2H3. The summed E-state index contributed by atoms with van der Waals surface area (Å²) in [6, 6.07) is 13.7. The van der Waals surface area contributed by atoms with E-state index in [0.717, 1.165) is 4.31 Å². The van der Waals surface area contributed by atoms with Crippen LogP contribution in [0.5, 0.6) is 5.75 Å². The number of ether oxygens (including phenoxy) is 1. The van der Waals surface area contributed by atoms with E-state index in [1.165, 1.54) is 14.2 Å². The van der Waals surface area contributed by atoms with Crippen LogP contribution in [0.3, 0.4) is 0 Å². The SMILES string of the molecule is COc1cccc(C(O)CN(C)S(=O)(=O)Cc2ccccc2Cl)c1. The Labute approximate surface area is 147 Å². The highest BCUT2D eigenvalue weighted by molar-refractivity contribution is 7.88. The van der Waals surface area contributed by atoms with Crippen molar-refractivity contribution in [3.63, 3.8) is 0 Å². The zero-order valence-electron chi connectivity index (χ0n) is 13.5. The van der Waals surface area contributed by atoms with Crippen molar-refractivity contribution in [3.05, 3.63) is 64.7 Å². The number of halogens is 1. The van der Waals surface area contributed by atoms with E-state index in [1.54, 1.807) is 48.5 Å². The summed E-state index contributed by atoms with van der Waals surface area (Å²) in [6.07, 6.45) is -0.953. The molecule has 0 amide bonds. The minimum absolute atomic E-state index is 0.0556. The monoisotopic (exact) mass is 369 g/mol. The molecule has 0 saturated heterocycles. The van der Waals surface area contributed by atoms with E-state index < -0.39 is 16.1 Å². The van der Waals surface area contributed by atoms with Crippen molar-refractivity contribution in [2.45, 2.75) is 11.9 Å². The van der Waals surface area contributed by atoms with E-state index >= 15 is 0 Å². The molecule has 0 fully saturated rings. The highest BCUT2D eigenvalue weighted by atomic mass is 35.5. The number of aliphatic hydroxyl groups excluding tert-OH is 1. The molecule has 0 spiro atoms. The fraction of sp³-hybridized carbons (Fsp3) is 0.294. The predicted molar refractivity (Wildman–Crippen MR) is 94.7 cm³/mol. The second-order valence-corrected chi connectivity index (χ2v) is 7.90. The summed E-state index contributed by atoms with van der Waals surface area (Å²) in [4.78, 5) is 0. The quantitative estimate of drug-likeness (QED) is 0.815. The Bertz CT molecular complexity index is 795. The van der Waals surface area contributed by atoms with Crippen LogP contribution >= 0.6 is 11.6 Å². The third-order valence-electron chi connectivity index (χ3n) is 3.68. The Morgan fingerprint density at radius 3 is 2.58 bits per heavy atom. The first-order valence-corrected chi connectivity index (χ1v) is 9.31. The number of rotatable bonds is 7. The highest BCUT2D eigenvalue weighted by Crippen LogP contribution is 2.23. The summed E-state index contributed by atoms with van der Waals surface area (Å²) in [5.41, 5.74) is 1.12. The lowest BCUT2D eigenvalue weighted by Crippen LogP contribution is -2.32. The van der Waals surface area contributed by atoms with Crippen LogP contribution in [-0.4, -0.2) is 38.5 Å². The molecule has 0 heterocycles. The Kier molecular flexibility index (Phi) is 6.23. The average molecular weight is 370 g/mol. The van der Waals surface area contributed by atoms with E-state index in [-0.39, 0.29) is 12.3 Å². The molecule has 1 atom stereocenters. The normalized spacial score (nSPS) is 13.0. The Morgan fingerprint density at radius 2 is 1.92 bits per heavy atom. The molecule has 0 aliphatic rings. The number of hydrogen-bond acceptors (Lipinski definition) is 4. The molecule has 130 valence electrons. The molecule has 0 radical (unpaired) electrons. The van der Waals surface area contributed by atoms with Gasteiger partial charge in [0, 0.05) is 18.6 Å². The first kappa shape index (κ1) is 18.7. The lowest BCUT2D eigenvalue weighted by molar-refractivity contribution is 0.154. The summed E-state index contributed by atoms with van der Waals surface area (Å²) in [5, 5.41) is 10.7. The second kappa shape index (κ2) is 7.98. The molecule has 0 aromatic heterocycles. The maximum Gasteiger partial charge on any atom is 0.218 e. The number of likely N-dealkylation sites (N-methyl/N-ethyl adjacent to an activating group) is 1. The number of methoxy groups -OCH3 is 1. The van der Waals surface area contributed by atoms with Crippen LogP contribution in [0.15, 0.2) is 48.5 Å². The van der Waals surface area contributed by atoms with E-state index in [2.05, 4.69) is 0 Å². The summed E-state index contributed by atoms with van der Waals surface area (Å²) in [5.74, 6) is 0.390. The summed E-state index contributed by atoms with van der Waals surface area (Å²) >= 11 is 6.02. The second-order valence-electron chi connectivity index (χ2n) is 5.42. The number of aliphatic hydroxyl groups is 1. The molecule has 1 N–H and O–H groups in total. The van der Waals surface area contributed by atoms with E-state index in [1.807, 2.05) is 0 Å². The molecule has 0 saturated carbocycles. The van der Waals surface area contributed by atoms with Crippen LogP contribution in [0.1, 0.15) is 17.2 Å². The lowest BCUT2D eigenvalue weighted by Gasteiger charge is -2.21. The number of benzene rings is 2. The topological polar surface area (TPSA) is 66.8 Å². The van der Waals surface area contributed by atoms with E-state index in [9.17, 15) is 13.5 Å². The molecule has 1 unspecified atom stereocenters. The summed E-state index contributed by atoms with van der Waals surface area (Å²) < 4.78 is 31.2. The molecule has 24 heavy (non-hydrogen) atoms. The van der Waals surface area contributed by atoms with Gasteiger partial charge in [0.2, 0.25) is 10.0 Å². The Morgan fingerprint density at radius 1 is 1.21 bits per heavy atom. The van der Waals surface area contributed by atoms with Crippen molar-refractivity contribution < 1.29 is 18.3 Å². The van der Waals surface area contributed by atoms with Crippen molar-refractivity contribution in [1.82, 2.24) is 4.31 Å². The first-order chi connectivity index (χ1) is 11.3. The van der Waals surface area contributed by atoms with Crippen LogP contribution in [-0.2, 0) is 15.8 Å². The molecule has 7 heteroatoms. The summed E-state index contributed by atoms with van der Waals surface area (Å²) in [6.45, 7) is -0.0556. The van der Waals surface area contributed by atoms with Gasteiger partial charge in [0.15, 0.2) is 0 Å². The van der Waals surface area contributed by atoms with Crippen LogP contribution in [0.4, 0.5) is 0 Å². The van der Waals surface area contributed by atoms with Crippen molar-refractivity contribution in [2.75, 3.05) is 20.7 Å². The minimum atomic E-state index is -3.60. The molecule has 0 bridgehead atoms. The van der Waals surface area contributed by atoms with E-state index in [4.69, 9.17) is 16.3 Å². The first-order valence-electron chi connectivity index (χ1n) is 7.33. The number of nitrogens with zero attached hydrogens (tertiary/aromatic N) is 1. The largest absolute Gasteiger partial charge is 0.497 e. The molecule has 5 nitrogen and oxygen atoms in total. The molecular weight excluding hydrogens is 350 g/mol. The molecule has 2 aromatic rings. The van der Waals surface area contributed by atoms with Crippen LogP contribution in [0.25, 0.3) is 0 Å². The van der Waals surface area contributed by atoms with Gasteiger partial charge in [0.1, 0.15) is 5.75 Å². The van der Waals surface area contributed by atoms with Crippen molar-refractivity contribution in [1.29, 1.82) is 0 Å². The Hall–Kier alpha value is -1.60. The van der Waals surface area contributed by atoms with E-state index in [0.29, 0.717) is 21.9 Å². The van der Waals surface area contributed by atoms with Crippen molar-refractivity contribution in [2.24, 2.45) is 0 Å². The Balaban J connectivity index is 2.09. The summed E-state index contributed by atoms with van der Waals surface area (Å²) in [7, 11) is -0.623. The smallest absolute Gasteiger partial charge is 0.218 e. The number of hydrogen-bond donors (Lipinski definition) is 1. The van der Waals surface area contributed by atoms with Gasteiger partial charge >= 0.3 is 0 Å². The van der Waals surface area contributed by atoms with Crippen LogP contribution in [0.2, 0.25) is 5.02 Å². The van der Waals surface area contributed by atoms with Crippen LogP contribution < -0.4 is 4.74 Å². The zero-order valence-corrected chi connectivity index (χ0v) is 15.1. The fourth-order valence-corrected chi connectivity index (χ4v) is 3.75. The average Bonchev–Trinajstić information content (AvgIpc) is 2.56. The van der Waals surface area contributed by atoms with Crippen molar-refractivity contribution in [3.8, 4) is 5.75 Å². The molecule has 0 aliphatic carbocycles. The predicted octanol–water partition coefficient (Wildman–Crippen LogP) is 2.84. The van der Waals surface area contributed by atoms with Crippen LogP contribution in [0, 0.1) is 0 Å². The lowest BCUT2D eigenvalue weighted by atomic mass is 10.1. The molecule has 0 aliphatic heterocycles. The van der Waals surface area contributed by atoms with Gasteiger partial charge in [0.05, 0.1) is 19.0 Å². The van der Waals surface area contributed by atoms with Crippen molar-refractivity contribution >= 4 is 21.6 Å². The molecule has 2 rings (SSSR count). The molecular formula is C17H20ClNO4S. The molecule has 2 aromatic carbocycles. The van der Waals surface area contributed by atoms with Gasteiger partial charge < -0.3 is 9.84 Å². The third-order valence-corrected chi connectivity index (χ3v) is 5.82. The highest BCUT2D eigenvalue weighted by Gasteiger charge is 2.23. The maximum absolute atomic E-state index is 12.5. The van der Waals surface area contributed by atoms with Gasteiger partial charge in [-0.05, 0) is 29.3 Å². The fourth-order valence-electron chi connectivity index (χ4n) is 2.23. The zero-order chi connectivity index (χ0) is 17.7. The maximum atomic E-state index is 12.5. The van der Waals surface area contributed by atoms with Gasteiger partial charge in [-0.2, -0.15) is 0 Å².